The number of halogens is 1. The summed E-state index contributed by atoms with van der Waals surface area (Å²) in [5.41, 5.74) is 4.33. The summed E-state index contributed by atoms with van der Waals surface area (Å²) in [6.07, 6.45) is 5.11. The molecule has 8 heteroatoms. The first kappa shape index (κ1) is 18.5. The van der Waals surface area contributed by atoms with Crippen LogP contribution in [0.2, 0.25) is 5.02 Å². The second kappa shape index (κ2) is 7.72. The fourth-order valence-electron chi connectivity index (χ4n) is 4.33. The standard InChI is InChI=1S/C21H23ClN6O/c22-15-1-2-18-14(9-15)5-8-28(18)20-19-16(25-12-26-20)10-17(27-19)21(29)24-11-13-3-6-23-7-4-13/h1-2,9,12-13,23H,3-8,10-11H2,(H,24,29). The molecule has 4 heterocycles. The van der Waals surface area contributed by atoms with Crippen LogP contribution in [0.4, 0.5) is 17.2 Å². The minimum atomic E-state index is -0.0962. The molecule has 7 nitrogen and oxygen atoms in total. The van der Waals surface area contributed by atoms with Crippen LogP contribution in [0.1, 0.15) is 24.1 Å². The number of carbonyl (C=O) groups is 1. The highest BCUT2D eigenvalue weighted by atomic mass is 35.5. The maximum Gasteiger partial charge on any atom is 0.266 e. The van der Waals surface area contributed by atoms with Crippen LogP contribution in [0.5, 0.6) is 0 Å². The normalized spacial score (nSPS) is 18.4. The Kier molecular flexibility index (Phi) is 4.93. The maximum absolute atomic E-state index is 12.7. The number of aliphatic imine (C=N–C) groups is 1. The molecule has 5 rings (SSSR count). The third-order valence-electron chi connectivity index (χ3n) is 5.93. The van der Waals surface area contributed by atoms with Gasteiger partial charge >= 0.3 is 0 Å². The van der Waals surface area contributed by atoms with Gasteiger partial charge in [-0.25, -0.2) is 15.0 Å². The lowest BCUT2D eigenvalue weighted by molar-refractivity contribution is -0.115. The van der Waals surface area contributed by atoms with E-state index in [4.69, 9.17) is 11.6 Å². The monoisotopic (exact) mass is 410 g/mol. The molecule has 0 unspecified atom stereocenters. The van der Waals surface area contributed by atoms with Gasteiger partial charge in [0.05, 0.1) is 5.69 Å². The Labute approximate surface area is 174 Å². The van der Waals surface area contributed by atoms with E-state index in [-0.39, 0.29) is 5.91 Å². The highest BCUT2D eigenvalue weighted by molar-refractivity contribution is 6.41. The number of hydrogen-bond acceptors (Lipinski definition) is 6. The number of rotatable bonds is 4. The van der Waals surface area contributed by atoms with E-state index in [0.717, 1.165) is 61.1 Å². The Morgan fingerprint density at radius 1 is 1.28 bits per heavy atom. The van der Waals surface area contributed by atoms with E-state index in [9.17, 15) is 4.79 Å². The van der Waals surface area contributed by atoms with E-state index < -0.39 is 0 Å². The smallest absolute Gasteiger partial charge is 0.266 e. The van der Waals surface area contributed by atoms with Crippen molar-refractivity contribution >= 4 is 40.4 Å². The predicted molar refractivity (Wildman–Crippen MR) is 114 cm³/mol. The Balaban J connectivity index is 1.35. The first-order chi connectivity index (χ1) is 14.2. The lowest BCUT2D eigenvalue weighted by atomic mass is 9.98. The van der Waals surface area contributed by atoms with E-state index in [2.05, 4.69) is 30.5 Å². The SMILES string of the molecule is O=C(NCC1CCNCC1)C1=Nc2c(ncnc2N2CCc3cc(Cl)ccc32)C1. The molecule has 0 spiro atoms. The summed E-state index contributed by atoms with van der Waals surface area (Å²) in [5, 5.41) is 7.15. The molecule has 3 aliphatic rings. The molecule has 0 saturated carbocycles. The molecule has 0 bridgehead atoms. The van der Waals surface area contributed by atoms with E-state index in [1.54, 1.807) is 6.33 Å². The number of amides is 1. The molecule has 0 radical (unpaired) electrons. The van der Waals surface area contributed by atoms with Crippen LogP contribution in [0.15, 0.2) is 29.5 Å². The zero-order valence-corrected chi connectivity index (χ0v) is 16.9. The number of benzene rings is 1. The molecular weight excluding hydrogens is 388 g/mol. The molecule has 1 amide bonds. The van der Waals surface area contributed by atoms with Crippen molar-refractivity contribution in [1.82, 2.24) is 20.6 Å². The fourth-order valence-corrected chi connectivity index (χ4v) is 4.52. The largest absolute Gasteiger partial charge is 0.351 e. The van der Waals surface area contributed by atoms with Gasteiger partial charge in [0.2, 0.25) is 0 Å². The van der Waals surface area contributed by atoms with Gasteiger partial charge in [-0.15, -0.1) is 0 Å². The van der Waals surface area contributed by atoms with Gasteiger partial charge in [-0.3, -0.25) is 4.79 Å². The Morgan fingerprint density at radius 3 is 3.00 bits per heavy atom. The van der Waals surface area contributed by atoms with Crippen molar-refractivity contribution in [2.45, 2.75) is 25.7 Å². The number of anilines is 2. The summed E-state index contributed by atoms with van der Waals surface area (Å²) < 4.78 is 0. The molecule has 1 aromatic carbocycles. The highest BCUT2D eigenvalue weighted by Crippen LogP contribution is 2.41. The number of carbonyl (C=O) groups excluding carboxylic acids is 1. The van der Waals surface area contributed by atoms with Crippen molar-refractivity contribution in [3.63, 3.8) is 0 Å². The first-order valence-corrected chi connectivity index (χ1v) is 10.5. The highest BCUT2D eigenvalue weighted by Gasteiger charge is 2.30. The zero-order valence-electron chi connectivity index (χ0n) is 16.1. The van der Waals surface area contributed by atoms with Gasteiger partial charge in [-0.1, -0.05) is 11.6 Å². The first-order valence-electron chi connectivity index (χ1n) is 10.2. The van der Waals surface area contributed by atoms with Gasteiger partial charge in [0.15, 0.2) is 5.82 Å². The molecule has 3 aliphatic heterocycles. The number of nitrogens with one attached hydrogen (secondary N) is 2. The summed E-state index contributed by atoms with van der Waals surface area (Å²) in [7, 11) is 0. The van der Waals surface area contributed by atoms with Crippen LogP contribution in [0.3, 0.4) is 0 Å². The van der Waals surface area contributed by atoms with E-state index in [1.165, 1.54) is 5.56 Å². The van der Waals surface area contributed by atoms with Crippen LogP contribution in [-0.4, -0.2) is 47.8 Å². The van der Waals surface area contributed by atoms with Crippen molar-refractivity contribution in [2.24, 2.45) is 10.9 Å². The molecule has 150 valence electrons. The second-order valence-electron chi connectivity index (χ2n) is 7.81. The number of hydrogen-bond donors (Lipinski definition) is 2. The van der Waals surface area contributed by atoms with Gasteiger partial charge in [-0.2, -0.15) is 0 Å². The maximum atomic E-state index is 12.7. The van der Waals surface area contributed by atoms with Gasteiger partial charge in [0.25, 0.3) is 5.91 Å². The number of nitrogens with zero attached hydrogens (tertiary/aromatic N) is 4. The van der Waals surface area contributed by atoms with Gasteiger partial charge in [-0.05, 0) is 62.0 Å². The van der Waals surface area contributed by atoms with Crippen molar-refractivity contribution in [1.29, 1.82) is 0 Å². The molecule has 29 heavy (non-hydrogen) atoms. The number of fused-ring (bicyclic) bond motifs is 2. The molecule has 2 N–H and O–H groups in total. The summed E-state index contributed by atoms with van der Waals surface area (Å²) in [4.78, 5) is 28.4. The summed E-state index contributed by atoms with van der Waals surface area (Å²) in [6, 6.07) is 5.91. The third kappa shape index (κ3) is 3.60. The van der Waals surface area contributed by atoms with Crippen LogP contribution < -0.4 is 15.5 Å². The van der Waals surface area contributed by atoms with Crippen LogP contribution >= 0.6 is 11.6 Å². The molecule has 1 fully saturated rings. The quantitative estimate of drug-likeness (QED) is 0.809. The second-order valence-corrected chi connectivity index (χ2v) is 8.24. The lowest BCUT2D eigenvalue weighted by Crippen LogP contribution is -2.38. The summed E-state index contributed by atoms with van der Waals surface area (Å²) in [6.45, 7) is 3.56. The summed E-state index contributed by atoms with van der Waals surface area (Å²) in [5.74, 6) is 1.20. The van der Waals surface area contributed by atoms with Gasteiger partial charge in [0, 0.05) is 30.2 Å². The molecule has 0 aliphatic carbocycles. The molecular formula is C21H23ClN6O. The van der Waals surface area contributed by atoms with Crippen LogP contribution in [-0.2, 0) is 17.6 Å². The lowest BCUT2D eigenvalue weighted by Gasteiger charge is -2.22. The average molecular weight is 411 g/mol. The Hall–Kier alpha value is -2.51. The van der Waals surface area contributed by atoms with Crippen molar-refractivity contribution in [2.75, 3.05) is 31.1 Å². The average Bonchev–Trinajstić information content (AvgIpc) is 3.36. The predicted octanol–water partition coefficient (Wildman–Crippen LogP) is 2.57. The Bertz CT molecular complexity index is 985. The molecule has 1 saturated heterocycles. The molecule has 0 atom stereocenters. The molecule has 1 aromatic heterocycles. The Morgan fingerprint density at radius 2 is 2.14 bits per heavy atom. The number of piperidine rings is 1. The van der Waals surface area contributed by atoms with E-state index >= 15 is 0 Å². The van der Waals surface area contributed by atoms with Crippen LogP contribution in [0.25, 0.3) is 0 Å². The number of aromatic nitrogens is 2. The topological polar surface area (TPSA) is 82.5 Å². The van der Waals surface area contributed by atoms with Gasteiger partial charge in [0.1, 0.15) is 17.7 Å². The summed E-state index contributed by atoms with van der Waals surface area (Å²) >= 11 is 6.14. The minimum absolute atomic E-state index is 0.0962. The van der Waals surface area contributed by atoms with E-state index in [0.29, 0.717) is 30.3 Å². The zero-order chi connectivity index (χ0) is 19.8. The van der Waals surface area contributed by atoms with Crippen LogP contribution in [0, 0.1) is 5.92 Å². The van der Waals surface area contributed by atoms with Crippen molar-refractivity contribution in [3.05, 3.63) is 40.8 Å². The molecule has 2 aromatic rings. The minimum Gasteiger partial charge on any atom is -0.351 e. The fraction of sp³-hybridized carbons (Fsp3) is 0.429. The van der Waals surface area contributed by atoms with Crippen molar-refractivity contribution in [3.8, 4) is 0 Å². The van der Waals surface area contributed by atoms with Crippen molar-refractivity contribution < 1.29 is 4.79 Å². The van der Waals surface area contributed by atoms with Gasteiger partial charge < -0.3 is 15.5 Å². The van der Waals surface area contributed by atoms with E-state index in [1.807, 2.05) is 18.2 Å². The third-order valence-corrected chi connectivity index (χ3v) is 6.16.